The van der Waals surface area contributed by atoms with Gasteiger partial charge in [-0.15, -0.1) is 0 Å². The first-order valence-electron chi connectivity index (χ1n) is 5.38. The summed E-state index contributed by atoms with van der Waals surface area (Å²) in [6.07, 6.45) is 3.76. The molecule has 0 aromatic rings. The van der Waals surface area contributed by atoms with Crippen LogP contribution in [0, 0.1) is 5.92 Å². The van der Waals surface area contributed by atoms with E-state index in [1.807, 2.05) is 0 Å². The largest absolute Gasteiger partial charge is 0.396 e. The van der Waals surface area contributed by atoms with Crippen LogP contribution < -0.4 is 10.6 Å². The Morgan fingerprint density at radius 1 is 1.46 bits per heavy atom. The van der Waals surface area contributed by atoms with E-state index < -0.39 is 0 Å². The Bertz CT molecular complexity index is 122. The lowest BCUT2D eigenvalue weighted by Gasteiger charge is -2.18. The molecule has 0 aliphatic carbocycles. The van der Waals surface area contributed by atoms with Gasteiger partial charge in [0.25, 0.3) is 0 Å². The third-order valence-corrected chi connectivity index (χ3v) is 2.64. The second kappa shape index (κ2) is 6.35. The van der Waals surface area contributed by atoms with Crippen LogP contribution in [0.3, 0.4) is 0 Å². The van der Waals surface area contributed by atoms with Crippen LogP contribution in [-0.4, -0.2) is 37.4 Å². The predicted molar refractivity (Wildman–Crippen MR) is 54.8 cm³/mol. The molecule has 1 rings (SSSR count). The van der Waals surface area contributed by atoms with E-state index in [4.69, 9.17) is 5.11 Å². The van der Waals surface area contributed by atoms with Crippen LogP contribution in [0.5, 0.6) is 0 Å². The molecule has 1 saturated heterocycles. The van der Waals surface area contributed by atoms with Crippen molar-refractivity contribution in [1.82, 2.24) is 10.6 Å². The van der Waals surface area contributed by atoms with E-state index in [-0.39, 0.29) is 6.61 Å². The molecule has 0 spiro atoms. The van der Waals surface area contributed by atoms with Gasteiger partial charge in [-0.2, -0.15) is 0 Å². The van der Waals surface area contributed by atoms with Gasteiger partial charge in [0.1, 0.15) is 0 Å². The van der Waals surface area contributed by atoms with Gasteiger partial charge in [-0.05, 0) is 38.3 Å². The first kappa shape index (κ1) is 11.0. The summed E-state index contributed by atoms with van der Waals surface area (Å²) in [6, 6.07) is 0.656. The van der Waals surface area contributed by atoms with E-state index in [0.717, 1.165) is 19.6 Å². The van der Waals surface area contributed by atoms with Crippen molar-refractivity contribution < 1.29 is 5.11 Å². The Morgan fingerprint density at radius 2 is 2.31 bits per heavy atom. The second-order valence-corrected chi connectivity index (χ2v) is 4.07. The van der Waals surface area contributed by atoms with Gasteiger partial charge in [-0.25, -0.2) is 0 Å². The summed E-state index contributed by atoms with van der Waals surface area (Å²) in [6.45, 7) is 5.60. The molecule has 3 N–H and O–H groups in total. The molecule has 1 fully saturated rings. The third-order valence-electron chi connectivity index (χ3n) is 2.64. The molecule has 78 valence electrons. The zero-order chi connectivity index (χ0) is 9.52. The van der Waals surface area contributed by atoms with Crippen LogP contribution in [0.4, 0.5) is 0 Å². The molecule has 0 radical (unpaired) electrons. The lowest BCUT2D eigenvalue weighted by molar-refractivity contribution is 0.228. The highest BCUT2D eigenvalue weighted by atomic mass is 16.3. The van der Waals surface area contributed by atoms with Gasteiger partial charge in [0, 0.05) is 19.2 Å². The normalized spacial score (nSPS) is 26.8. The molecule has 0 amide bonds. The maximum Gasteiger partial charge on any atom is 0.0468 e. The lowest BCUT2D eigenvalue weighted by Crippen LogP contribution is -2.34. The summed E-state index contributed by atoms with van der Waals surface area (Å²) in [5.41, 5.74) is 0. The van der Waals surface area contributed by atoms with Crippen LogP contribution in [0.2, 0.25) is 0 Å². The fourth-order valence-corrected chi connectivity index (χ4v) is 1.66. The number of aliphatic hydroxyl groups excluding tert-OH is 1. The highest BCUT2D eigenvalue weighted by Crippen LogP contribution is 2.05. The van der Waals surface area contributed by atoms with Gasteiger partial charge in [0.05, 0.1) is 0 Å². The standard InChI is InChI=1S/C10H22N2O/c1-9(8-13)7-12-10-3-2-5-11-6-4-10/h9-13H,2-8H2,1H3. The van der Waals surface area contributed by atoms with Gasteiger partial charge in [-0.3, -0.25) is 0 Å². The molecule has 0 aromatic heterocycles. The average Bonchev–Trinajstić information content (AvgIpc) is 2.42. The first-order chi connectivity index (χ1) is 6.33. The van der Waals surface area contributed by atoms with Crippen molar-refractivity contribution in [3.63, 3.8) is 0 Å². The third kappa shape index (κ3) is 4.60. The Balaban J connectivity index is 2.11. The zero-order valence-corrected chi connectivity index (χ0v) is 8.55. The van der Waals surface area contributed by atoms with Crippen molar-refractivity contribution in [3.05, 3.63) is 0 Å². The molecular weight excluding hydrogens is 164 g/mol. The maximum absolute atomic E-state index is 8.87. The first-order valence-corrected chi connectivity index (χ1v) is 5.38. The molecule has 2 unspecified atom stereocenters. The fourth-order valence-electron chi connectivity index (χ4n) is 1.66. The van der Waals surface area contributed by atoms with Crippen molar-refractivity contribution in [2.45, 2.75) is 32.2 Å². The maximum atomic E-state index is 8.87. The second-order valence-electron chi connectivity index (χ2n) is 4.07. The highest BCUT2D eigenvalue weighted by Gasteiger charge is 2.11. The molecule has 0 aromatic carbocycles. The highest BCUT2D eigenvalue weighted by molar-refractivity contribution is 4.73. The summed E-state index contributed by atoms with van der Waals surface area (Å²) in [7, 11) is 0. The fraction of sp³-hybridized carbons (Fsp3) is 1.00. The van der Waals surface area contributed by atoms with Crippen LogP contribution in [0.25, 0.3) is 0 Å². The van der Waals surface area contributed by atoms with Crippen molar-refractivity contribution in [2.24, 2.45) is 5.92 Å². The molecule has 3 nitrogen and oxygen atoms in total. The van der Waals surface area contributed by atoms with E-state index in [1.165, 1.54) is 19.3 Å². The van der Waals surface area contributed by atoms with Gasteiger partial charge in [0.2, 0.25) is 0 Å². The Kier molecular flexibility index (Phi) is 5.35. The molecule has 13 heavy (non-hydrogen) atoms. The SMILES string of the molecule is CC(CO)CNC1CCCNCC1. The summed E-state index contributed by atoms with van der Waals surface area (Å²) >= 11 is 0. The number of rotatable bonds is 4. The molecule has 1 heterocycles. The quantitative estimate of drug-likeness (QED) is 0.593. The van der Waals surface area contributed by atoms with Crippen LogP contribution in [0.15, 0.2) is 0 Å². The molecule has 1 aliphatic rings. The average molecular weight is 186 g/mol. The number of aliphatic hydroxyl groups is 1. The van der Waals surface area contributed by atoms with Crippen LogP contribution in [-0.2, 0) is 0 Å². The van der Waals surface area contributed by atoms with Gasteiger partial charge in [-0.1, -0.05) is 6.92 Å². The van der Waals surface area contributed by atoms with Crippen LogP contribution >= 0.6 is 0 Å². The summed E-state index contributed by atoms with van der Waals surface area (Å²) in [4.78, 5) is 0. The Morgan fingerprint density at radius 3 is 3.08 bits per heavy atom. The minimum absolute atomic E-state index is 0.290. The summed E-state index contributed by atoms with van der Waals surface area (Å²) in [5, 5.41) is 15.8. The van der Waals surface area contributed by atoms with Crippen LogP contribution in [0.1, 0.15) is 26.2 Å². The lowest BCUT2D eigenvalue weighted by atomic mass is 10.1. The molecule has 1 aliphatic heterocycles. The van der Waals surface area contributed by atoms with Gasteiger partial charge in [0.15, 0.2) is 0 Å². The van der Waals surface area contributed by atoms with Crippen molar-refractivity contribution >= 4 is 0 Å². The molecule has 3 heteroatoms. The minimum atomic E-state index is 0.290. The number of nitrogens with one attached hydrogen (secondary N) is 2. The topological polar surface area (TPSA) is 44.3 Å². The molecular formula is C10H22N2O. The number of hydrogen-bond acceptors (Lipinski definition) is 3. The Labute approximate surface area is 80.9 Å². The van der Waals surface area contributed by atoms with Crippen molar-refractivity contribution in [1.29, 1.82) is 0 Å². The van der Waals surface area contributed by atoms with E-state index in [9.17, 15) is 0 Å². The monoisotopic (exact) mass is 186 g/mol. The van der Waals surface area contributed by atoms with Crippen molar-refractivity contribution in [2.75, 3.05) is 26.2 Å². The summed E-state index contributed by atoms with van der Waals surface area (Å²) < 4.78 is 0. The summed E-state index contributed by atoms with van der Waals surface area (Å²) in [5.74, 6) is 0.385. The van der Waals surface area contributed by atoms with Crippen molar-refractivity contribution in [3.8, 4) is 0 Å². The zero-order valence-electron chi connectivity index (χ0n) is 8.55. The predicted octanol–water partition coefficient (Wildman–Crippen LogP) is 0.346. The molecule has 2 atom stereocenters. The van der Waals surface area contributed by atoms with Gasteiger partial charge >= 0.3 is 0 Å². The Hall–Kier alpha value is -0.120. The molecule has 0 bridgehead atoms. The minimum Gasteiger partial charge on any atom is -0.396 e. The van der Waals surface area contributed by atoms with Gasteiger partial charge < -0.3 is 15.7 Å². The van der Waals surface area contributed by atoms with E-state index in [2.05, 4.69) is 17.6 Å². The smallest absolute Gasteiger partial charge is 0.0468 e. The molecule has 0 saturated carbocycles. The van der Waals surface area contributed by atoms with E-state index in [0.29, 0.717) is 12.0 Å². The number of hydrogen-bond donors (Lipinski definition) is 3. The van der Waals surface area contributed by atoms with E-state index >= 15 is 0 Å². The van der Waals surface area contributed by atoms with E-state index in [1.54, 1.807) is 0 Å².